The zero-order valence-corrected chi connectivity index (χ0v) is 16.9. The summed E-state index contributed by atoms with van der Waals surface area (Å²) in [6.07, 6.45) is 0.610. The fourth-order valence-corrected chi connectivity index (χ4v) is 3.54. The molecule has 2 heterocycles. The van der Waals surface area contributed by atoms with E-state index in [4.69, 9.17) is 9.15 Å². The van der Waals surface area contributed by atoms with Crippen LogP contribution in [0, 0.1) is 12.7 Å². The molecule has 1 aromatic carbocycles. The van der Waals surface area contributed by atoms with Crippen molar-refractivity contribution in [2.45, 2.75) is 25.8 Å². The van der Waals surface area contributed by atoms with E-state index in [9.17, 15) is 9.18 Å². The second-order valence-corrected chi connectivity index (χ2v) is 7.57. The number of nitrogens with one attached hydrogen (secondary N) is 1. The lowest BCUT2D eigenvalue weighted by molar-refractivity contribution is -0.121. The topological polar surface area (TPSA) is 54.7 Å². The molecular weight excluding hydrogens is 415 g/mol. The largest absolute Gasteiger partial charge is 0.465 e. The van der Waals surface area contributed by atoms with Crippen LogP contribution < -0.4 is 5.32 Å². The number of aryl methyl sites for hydroxylation is 2. The zero-order chi connectivity index (χ0) is 19.2. The summed E-state index contributed by atoms with van der Waals surface area (Å²) in [5.74, 6) is 1.29. The SMILES string of the molecule is Cc1ccc(C(CNC(=O)CCc2ccc(Br)cc2F)N2CCOCC2)o1. The number of morpholine rings is 1. The smallest absolute Gasteiger partial charge is 0.220 e. The lowest BCUT2D eigenvalue weighted by atomic mass is 10.1. The van der Waals surface area contributed by atoms with Crippen molar-refractivity contribution in [3.05, 3.63) is 57.7 Å². The van der Waals surface area contributed by atoms with Gasteiger partial charge >= 0.3 is 0 Å². The van der Waals surface area contributed by atoms with Crippen molar-refractivity contribution in [2.24, 2.45) is 0 Å². The fraction of sp³-hybridized carbons (Fsp3) is 0.450. The van der Waals surface area contributed by atoms with Gasteiger partial charge in [-0.15, -0.1) is 0 Å². The highest BCUT2D eigenvalue weighted by Crippen LogP contribution is 2.23. The van der Waals surface area contributed by atoms with Crippen molar-refractivity contribution < 1.29 is 18.3 Å². The number of nitrogens with zero attached hydrogens (tertiary/aromatic N) is 1. The maximum atomic E-state index is 13.9. The van der Waals surface area contributed by atoms with Crippen LogP contribution in [0.25, 0.3) is 0 Å². The van der Waals surface area contributed by atoms with Crippen LogP contribution in [0.15, 0.2) is 39.2 Å². The van der Waals surface area contributed by atoms with Crippen molar-refractivity contribution in [3.8, 4) is 0 Å². The van der Waals surface area contributed by atoms with Crippen molar-refractivity contribution in [2.75, 3.05) is 32.8 Å². The number of amides is 1. The van der Waals surface area contributed by atoms with Gasteiger partial charge in [-0.05, 0) is 43.2 Å². The molecule has 5 nitrogen and oxygen atoms in total. The third-order valence-electron chi connectivity index (χ3n) is 4.71. The Hall–Kier alpha value is -1.70. The third-order valence-corrected chi connectivity index (χ3v) is 5.20. The quantitative estimate of drug-likeness (QED) is 0.717. The molecule has 1 aromatic heterocycles. The Bertz CT molecular complexity index is 774. The zero-order valence-electron chi connectivity index (χ0n) is 15.3. The summed E-state index contributed by atoms with van der Waals surface area (Å²) in [6, 6.07) is 8.76. The van der Waals surface area contributed by atoms with E-state index in [1.54, 1.807) is 12.1 Å². The normalized spacial score (nSPS) is 16.3. The van der Waals surface area contributed by atoms with E-state index in [0.29, 0.717) is 36.2 Å². The molecule has 1 N–H and O–H groups in total. The highest BCUT2D eigenvalue weighted by atomic mass is 79.9. The number of ether oxygens (including phenoxy) is 1. The first-order valence-corrected chi connectivity index (χ1v) is 9.91. The first kappa shape index (κ1) is 20.0. The first-order chi connectivity index (χ1) is 13.0. The molecule has 1 fully saturated rings. The average molecular weight is 439 g/mol. The summed E-state index contributed by atoms with van der Waals surface area (Å²) in [5.41, 5.74) is 0.541. The van der Waals surface area contributed by atoms with Gasteiger partial charge in [0.05, 0.1) is 19.3 Å². The summed E-state index contributed by atoms with van der Waals surface area (Å²) in [6.45, 7) is 5.30. The molecule has 0 radical (unpaired) electrons. The second-order valence-electron chi connectivity index (χ2n) is 6.65. The van der Waals surface area contributed by atoms with Crippen molar-refractivity contribution in [3.63, 3.8) is 0 Å². The summed E-state index contributed by atoms with van der Waals surface area (Å²) >= 11 is 3.24. The van der Waals surface area contributed by atoms with E-state index < -0.39 is 0 Å². The van der Waals surface area contributed by atoms with Gasteiger partial charge in [0.15, 0.2) is 0 Å². The molecule has 1 amide bonds. The fourth-order valence-electron chi connectivity index (χ4n) is 3.20. The van der Waals surface area contributed by atoms with E-state index in [2.05, 4.69) is 26.1 Å². The van der Waals surface area contributed by atoms with Gasteiger partial charge in [0.1, 0.15) is 17.3 Å². The third kappa shape index (κ3) is 5.64. The van der Waals surface area contributed by atoms with Gasteiger partial charge < -0.3 is 14.5 Å². The molecule has 7 heteroatoms. The number of carbonyl (C=O) groups excluding carboxylic acids is 1. The van der Waals surface area contributed by atoms with Crippen LogP contribution in [0.4, 0.5) is 4.39 Å². The summed E-state index contributed by atoms with van der Waals surface area (Å²) in [4.78, 5) is 14.6. The molecule has 1 aliphatic heterocycles. The van der Waals surface area contributed by atoms with Crippen LogP contribution in [0.1, 0.15) is 29.5 Å². The van der Waals surface area contributed by atoms with E-state index in [1.165, 1.54) is 6.07 Å². The van der Waals surface area contributed by atoms with Gasteiger partial charge in [-0.1, -0.05) is 22.0 Å². The lowest BCUT2D eigenvalue weighted by Crippen LogP contribution is -2.43. The molecule has 0 saturated carbocycles. The van der Waals surface area contributed by atoms with Crippen LogP contribution in [0.5, 0.6) is 0 Å². The molecule has 0 spiro atoms. The van der Waals surface area contributed by atoms with E-state index in [1.807, 2.05) is 19.1 Å². The Balaban J connectivity index is 1.56. The maximum absolute atomic E-state index is 13.9. The minimum atomic E-state index is -0.297. The van der Waals surface area contributed by atoms with Crippen LogP contribution in [-0.2, 0) is 16.0 Å². The van der Waals surface area contributed by atoms with E-state index in [-0.39, 0.29) is 24.2 Å². The van der Waals surface area contributed by atoms with Crippen LogP contribution in [0.3, 0.4) is 0 Å². The van der Waals surface area contributed by atoms with Crippen molar-refractivity contribution in [1.82, 2.24) is 10.2 Å². The van der Waals surface area contributed by atoms with Crippen LogP contribution >= 0.6 is 15.9 Å². The highest BCUT2D eigenvalue weighted by Gasteiger charge is 2.25. The number of hydrogen-bond donors (Lipinski definition) is 1. The molecular formula is C20H24BrFN2O3. The molecule has 27 heavy (non-hydrogen) atoms. The van der Waals surface area contributed by atoms with Crippen LogP contribution in [0.2, 0.25) is 0 Å². The molecule has 0 bridgehead atoms. The van der Waals surface area contributed by atoms with Crippen molar-refractivity contribution >= 4 is 21.8 Å². The minimum Gasteiger partial charge on any atom is -0.465 e. The summed E-state index contributed by atoms with van der Waals surface area (Å²) in [5, 5.41) is 2.98. The molecule has 1 unspecified atom stereocenters. The average Bonchev–Trinajstić information content (AvgIpc) is 3.08. The Morgan fingerprint density at radius 1 is 1.30 bits per heavy atom. The van der Waals surface area contributed by atoms with Gasteiger partial charge in [0, 0.05) is 30.5 Å². The maximum Gasteiger partial charge on any atom is 0.220 e. The van der Waals surface area contributed by atoms with Crippen LogP contribution in [-0.4, -0.2) is 43.7 Å². The number of furan rings is 1. The number of hydrogen-bond acceptors (Lipinski definition) is 4. The minimum absolute atomic E-state index is 0.0315. The van der Waals surface area contributed by atoms with Gasteiger partial charge in [-0.25, -0.2) is 4.39 Å². The predicted molar refractivity (Wildman–Crippen MR) is 104 cm³/mol. The molecule has 1 aliphatic rings. The number of benzene rings is 1. The van der Waals surface area contributed by atoms with Gasteiger partial charge in [0.2, 0.25) is 5.91 Å². The first-order valence-electron chi connectivity index (χ1n) is 9.11. The molecule has 1 saturated heterocycles. The molecule has 146 valence electrons. The van der Waals surface area contributed by atoms with E-state index >= 15 is 0 Å². The molecule has 1 atom stereocenters. The van der Waals surface area contributed by atoms with Crippen molar-refractivity contribution in [1.29, 1.82) is 0 Å². The second kappa shape index (κ2) is 9.48. The number of halogens is 2. The Kier molecular flexibility index (Phi) is 7.04. The Morgan fingerprint density at radius 3 is 2.74 bits per heavy atom. The van der Waals surface area contributed by atoms with Gasteiger partial charge in [-0.3, -0.25) is 9.69 Å². The highest BCUT2D eigenvalue weighted by molar-refractivity contribution is 9.10. The number of rotatable bonds is 7. The monoisotopic (exact) mass is 438 g/mol. The Labute approximate surface area is 167 Å². The van der Waals surface area contributed by atoms with Gasteiger partial charge in [-0.2, -0.15) is 0 Å². The predicted octanol–water partition coefficient (Wildman–Crippen LogP) is 3.61. The van der Waals surface area contributed by atoms with E-state index in [0.717, 1.165) is 24.6 Å². The molecule has 0 aliphatic carbocycles. The summed E-state index contributed by atoms with van der Waals surface area (Å²) in [7, 11) is 0. The molecule has 3 rings (SSSR count). The number of carbonyl (C=O) groups is 1. The Morgan fingerprint density at radius 2 is 2.07 bits per heavy atom. The molecule has 2 aromatic rings. The lowest BCUT2D eigenvalue weighted by Gasteiger charge is -2.33. The summed E-state index contributed by atoms with van der Waals surface area (Å²) < 4.78 is 25.8. The standard InChI is InChI=1S/C20H24BrFN2O3/c1-14-2-6-19(27-14)18(24-8-10-26-11-9-24)13-23-20(25)7-4-15-3-5-16(21)12-17(15)22/h2-3,5-6,12,18H,4,7-11,13H2,1H3,(H,23,25). The van der Waals surface area contributed by atoms with Gasteiger partial charge in [0.25, 0.3) is 0 Å².